The van der Waals surface area contributed by atoms with Gasteiger partial charge in [-0.3, -0.25) is 4.79 Å². The summed E-state index contributed by atoms with van der Waals surface area (Å²) in [7, 11) is 0. The second kappa shape index (κ2) is 6.37. The number of carboxylic acids is 1. The molecule has 1 unspecified atom stereocenters. The molecule has 0 spiro atoms. The van der Waals surface area contributed by atoms with Gasteiger partial charge >= 0.3 is 12.3 Å². The molecule has 1 atom stereocenters. The molecule has 0 aromatic heterocycles. The maximum Gasteiger partial charge on any atom is 0.573 e. The van der Waals surface area contributed by atoms with Crippen molar-refractivity contribution in [1.29, 1.82) is 0 Å². The van der Waals surface area contributed by atoms with Crippen molar-refractivity contribution >= 4 is 5.97 Å². The highest BCUT2D eigenvalue weighted by molar-refractivity contribution is 5.70. The molecule has 0 saturated heterocycles. The number of hydrogen-bond donors (Lipinski definition) is 1. The minimum absolute atomic E-state index is 0.161. The minimum Gasteiger partial charge on any atom is -0.481 e. The van der Waals surface area contributed by atoms with E-state index in [1.165, 1.54) is 24.3 Å². The van der Waals surface area contributed by atoms with Crippen molar-refractivity contribution in [2.45, 2.75) is 38.5 Å². The van der Waals surface area contributed by atoms with E-state index in [1.54, 1.807) is 0 Å². The molecule has 21 heavy (non-hydrogen) atoms. The van der Waals surface area contributed by atoms with Crippen LogP contribution in [-0.4, -0.2) is 17.4 Å². The molecule has 0 heterocycles. The summed E-state index contributed by atoms with van der Waals surface area (Å²) in [6.07, 6.45) is -0.459. The number of alkyl halides is 3. The average molecular weight is 302 g/mol. The maximum absolute atomic E-state index is 12.1. The Morgan fingerprint density at radius 3 is 2.29 bits per heavy atom. The van der Waals surface area contributed by atoms with E-state index >= 15 is 0 Å². The lowest BCUT2D eigenvalue weighted by Gasteiger charge is -2.19. The number of rotatable bonds is 5. The van der Waals surface area contributed by atoms with Crippen LogP contribution in [0.15, 0.2) is 24.3 Å². The lowest BCUT2D eigenvalue weighted by atomic mass is 9.86. The Hall–Kier alpha value is -1.72. The summed E-state index contributed by atoms with van der Waals surface area (Å²) in [6.45, 7) is 0. The van der Waals surface area contributed by atoms with Gasteiger partial charge in [-0.2, -0.15) is 0 Å². The molecule has 116 valence electrons. The van der Waals surface area contributed by atoms with E-state index in [1.807, 2.05) is 0 Å². The summed E-state index contributed by atoms with van der Waals surface area (Å²) in [5, 5.41) is 9.33. The van der Waals surface area contributed by atoms with Gasteiger partial charge in [0.25, 0.3) is 0 Å². The third-order valence-electron chi connectivity index (χ3n) is 3.90. The second-order valence-corrected chi connectivity index (χ2v) is 5.39. The van der Waals surface area contributed by atoms with E-state index < -0.39 is 18.2 Å². The van der Waals surface area contributed by atoms with Crippen molar-refractivity contribution in [2.75, 3.05) is 0 Å². The summed E-state index contributed by atoms with van der Waals surface area (Å²) in [5.74, 6) is -1.44. The number of halogens is 3. The monoisotopic (exact) mass is 302 g/mol. The molecule has 6 heteroatoms. The molecule has 1 saturated carbocycles. The van der Waals surface area contributed by atoms with Crippen LogP contribution in [0.4, 0.5) is 13.2 Å². The van der Waals surface area contributed by atoms with E-state index in [-0.39, 0.29) is 11.7 Å². The van der Waals surface area contributed by atoms with E-state index in [0.29, 0.717) is 12.0 Å². The molecule has 0 amide bonds. The molecule has 1 aromatic rings. The van der Waals surface area contributed by atoms with Crippen LogP contribution >= 0.6 is 0 Å². The van der Waals surface area contributed by atoms with Crippen LogP contribution in [-0.2, 0) is 11.2 Å². The number of carbonyl (C=O) groups is 1. The van der Waals surface area contributed by atoms with Gasteiger partial charge in [-0.05, 0) is 42.9 Å². The Bertz CT molecular complexity index is 476. The lowest BCUT2D eigenvalue weighted by molar-refractivity contribution is -0.274. The van der Waals surface area contributed by atoms with E-state index in [0.717, 1.165) is 25.7 Å². The second-order valence-electron chi connectivity index (χ2n) is 5.39. The van der Waals surface area contributed by atoms with Crippen LogP contribution in [0.3, 0.4) is 0 Å². The standard InChI is InChI=1S/C15H17F3O3/c16-15(17,18)21-12-7-5-10(6-8-12)9-13(14(19)20)11-3-1-2-4-11/h5-8,11,13H,1-4,9H2,(H,19,20). The van der Waals surface area contributed by atoms with Crippen molar-refractivity contribution in [3.8, 4) is 5.75 Å². The summed E-state index contributed by atoms with van der Waals surface area (Å²) < 4.78 is 40.0. The Morgan fingerprint density at radius 2 is 1.81 bits per heavy atom. The smallest absolute Gasteiger partial charge is 0.481 e. The van der Waals surface area contributed by atoms with Crippen molar-refractivity contribution in [3.05, 3.63) is 29.8 Å². The van der Waals surface area contributed by atoms with Gasteiger partial charge in [0.05, 0.1) is 5.92 Å². The zero-order valence-corrected chi connectivity index (χ0v) is 11.4. The molecule has 3 nitrogen and oxygen atoms in total. The lowest BCUT2D eigenvalue weighted by Crippen LogP contribution is -2.24. The van der Waals surface area contributed by atoms with Gasteiger partial charge in [0.15, 0.2) is 0 Å². The fourth-order valence-electron chi connectivity index (χ4n) is 2.90. The zero-order valence-electron chi connectivity index (χ0n) is 11.4. The van der Waals surface area contributed by atoms with Crippen LogP contribution in [0.5, 0.6) is 5.75 Å². The number of hydrogen-bond acceptors (Lipinski definition) is 2. The Kier molecular flexibility index (Phi) is 4.75. The third-order valence-corrected chi connectivity index (χ3v) is 3.90. The van der Waals surface area contributed by atoms with Crippen LogP contribution < -0.4 is 4.74 Å². The van der Waals surface area contributed by atoms with Gasteiger partial charge in [0, 0.05) is 0 Å². The van der Waals surface area contributed by atoms with Gasteiger partial charge in [-0.15, -0.1) is 13.2 Å². The topological polar surface area (TPSA) is 46.5 Å². The maximum atomic E-state index is 12.1. The van der Waals surface area contributed by atoms with Crippen LogP contribution in [0, 0.1) is 11.8 Å². The van der Waals surface area contributed by atoms with Crippen molar-refractivity contribution in [1.82, 2.24) is 0 Å². The molecule has 1 aliphatic rings. The quantitative estimate of drug-likeness (QED) is 0.893. The van der Waals surface area contributed by atoms with Gasteiger partial charge in [-0.1, -0.05) is 25.0 Å². The molecule has 0 aliphatic heterocycles. The first-order chi connectivity index (χ1) is 9.85. The van der Waals surface area contributed by atoms with Gasteiger partial charge in [0.1, 0.15) is 5.75 Å². The molecule has 1 N–H and O–H groups in total. The highest BCUT2D eigenvalue weighted by atomic mass is 19.4. The Morgan fingerprint density at radius 1 is 1.24 bits per heavy atom. The van der Waals surface area contributed by atoms with E-state index in [9.17, 15) is 23.1 Å². The van der Waals surface area contributed by atoms with E-state index in [2.05, 4.69) is 4.74 Å². The van der Waals surface area contributed by atoms with Gasteiger partial charge in [-0.25, -0.2) is 0 Å². The molecule has 0 bridgehead atoms. The fraction of sp³-hybridized carbons (Fsp3) is 0.533. The van der Waals surface area contributed by atoms with Crippen LogP contribution in [0.25, 0.3) is 0 Å². The van der Waals surface area contributed by atoms with E-state index in [4.69, 9.17) is 0 Å². The predicted octanol–water partition coefficient (Wildman–Crippen LogP) is 4.02. The fourth-order valence-corrected chi connectivity index (χ4v) is 2.90. The highest BCUT2D eigenvalue weighted by Gasteiger charge is 2.32. The summed E-state index contributed by atoms with van der Waals surface area (Å²) in [4.78, 5) is 11.4. The first-order valence-electron chi connectivity index (χ1n) is 6.92. The SMILES string of the molecule is O=C(O)C(Cc1ccc(OC(F)(F)F)cc1)C1CCCC1. The van der Waals surface area contributed by atoms with Crippen molar-refractivity contribution in [2.24, 2.45) is 11.8 Å². The number of benzene rings is 1. The summed E-state index contributed by atoms with van der Waals surface area (Å²) in [5.41, 5.74) is 0.712. The number of aliphatic carboxylic acids is 1. The zero-order chi connectivity index (χ0) is 15.5. The van der Waals surface area contributed by atoms with Gasteiger partial charge < -0.3 is 9.84 Å². The first kappa shape index (κ1) is 15.7. The van der Waals surface area contributed by atoms with Gasteiger partial charge in [0.2, 0.25) is 0 Å². The largest absolute Gasteiger partial charge is 0.573 e. The number of carboxylic acid groups (broad SMARTS) is 1. The molecule has 1 aliphatic carbocycles. The molecular weight excluding hydrogens is 285 g/mol. The normalized spacial score (nSPS) is 17.7. The Labute approximate surface area is 120 Å². The molecule has 0 radical (unpaired) electrons. The molecule has 1 fully saturated rings. The third kappa shape index (κ3) is 4.65. The first-order valence-corrected chi connectivity index (χ1v) is 6.92. The average Bonchev–Trinajstić information content (AvgIpc) is 2.89. The van der Waals surface area contributed by atoms with Crippen molar-refractivity contribution in [3.63, 3.8) is 0 Å². The predicted molar refractivity (Wildman–Crippen MR) is 69.9 cm³/mol. The molecule has 2 rings (SSSR count). The Balaban J connectivity index is 2.02. The molecule has 1 aromatic carbocycles. The molecular formula is C15H17F3O3. The van der Waals surface area contributed by atoms with Crippen LogP contribution in [0.1, 0.15) is 31.2 Å². The summed E-state index contributed by atoms with van der Waals surface area (Å²) in [6, 6.07) is 5.42. The summed E-state index contributed by atoms with van der Waals surface area (Å²) >= 11 is 0. The van der Waals surface area contributed by atoms with Crippen LogP contribution in [0.2, 0.25) is 0 Å². The number of ether oxygens (including phenoxy) is 1. The van der Waals surface area contributed by atoms with Crippen molar-refractivity contribution < 1.29 is 27.8 Å². The minimum atomic E-state index is -4.71. The highest BCUT2D eigenvalue weighted by Crippen LogP contribution is 2.34.